The van der Waals surface area contributed by atoms with Crippen LogP contribution in [-0.4, -0.2) is 19.6 Å². The fourth-order valence-electron chi connectivity index (χ4n) is 0.764. The van der Waals surface area contributed by atoms with E-state index in [1.165, 1.54) is 10.8 Å². The molecule has 0 fully saturated rings. The maximum absolute atomic E-state index is 10.6. The van der Waals surface area contributed by atoms with Crippen LogP contribution >= 0.6 is 12.4 Å². The molecule has 0 saturated carbocycles. The highest BCUT2D eigenvalue weighted by molar-refractivity contribution is 5.85. The van der Waals surface area contributed by atoms with Gasteiger partial charge in [-0.3, -0.25) is 0 Å². The number of rotatable bonds is 0. The lowest BCUT2D eigenvalue weighted by Crippen LogP contribution is -2.01. The summed E-state index contributed by atoms with van der Waals surface area (Å²) in [6.07, 6.45) is 3.07. The number of aromatic amines is 1. The smallest absolute Gasteiger partial charge is 0.245 e. The number of halogens is 1. The van der Waals surface area contributed by atoms with E-state index in [0.717, 1.165) is 0 Å². The van der Waals surface area contributed by atoms with Gasteiger partial charge in [-0.2, -0.15) is 4.98 Å². The van der Waals surface area contributed by atoms with Crippen LogP contribution in [0.1, 0.15) is 0 Å². The molecule has 0 bridgehead atoms. The summed E-state index contributed by atoms with van der Waals surface area (Å²) in [5.41, 5.74) is 0.230. The number of hydrogen-bond acceptors (Lipinski definition) is 3. The van der Waals surface area contributed by atoms with Gasteiger partial charge in [-0.25, -0.2) is 19.4 Å². The lowest BCUT2D eigenvalue weighted by atomic mass is 10.6. The minimum atomic E-state index is -0.354. The summed E-state index contributed by atoms with van der Waals surface area (Å²) in [5.74, 6) is 0. The number of nitrogens with zero attached hydrogens (tertiary/aromatic N) is 3. The first-order valence-electron chi connectivity index (χ1n) is 2.75. The Kier molecular flexibility index (Phi) is 1.91. The highest BCUT2D eigenvalue weighted by Crippen LogP contribution is 1.87. The predicted octanol–water partition coefficient (Wildman–Crippen LogP) is -0.161. The largest absolute Gasteiger partial charge is 0.362 e. The Bertz CT molecular complexity index is 370. The zero-order valence-electron chi connectivity index (χ0n) is 5.39. The van der Waals surface area contributed by atoms with Crippen molar-refractivity contribution in [1.82, 2.24) is 19.6 Å². The van der Waals surface area contributed by atoms with Crippen molar-refractivity contribution >= 4 is 18.1 Å². The first-order chi connectivity index (χ1) is 4.86. The minimum absolute atomic E-state index is 0. The molecule has 0 radical (unpaired) electrons. The minimum Gasteiger partial charge on any atom is -0.245 e. The first-order valence-corrected chi connectivity index (χ1v) is 2.75. The summed E-state index contributed by atoms with van der Waals surface area (Å²) >= 11 is 0. The van der Waals surface area contributed by atoms with Crippen LogP contribution in [-0.2, 0) is 0 Å². The maximum Gasteiger partial charge on any atom is 0.362 e. The Hall–Kier alpha value is -1.36. The van der Waals surface area contributed by atoms with Crippen LogP contribution in [0.5, 0.6) is 0 Å². The molecule has 11 heavy (non-hydrogen) atoms. The number of H-pyrrole nitrogens is 1. The Morgan fingerprint density at radius 3 is 3.09 bits per heavy atom. The van der Waals surface area contributed by atoms with Gasteiger partial charge in [0.25, 0.3) is 0 Å². The Balaban J connectivity index is 0.000000605. The second-order valence-electron chi connectivity index (χ2n) is 1.84. The molecule has 0 saturated heterocycles. The Morgan fingerprint density at radius 2 is 2.36 bits per heavy atom. The quantitative estimate of drug-likeness (QED) is 0.601. The van der Waals surface area contributed by atoms with Gasteiger partial charge in [-0.15, -0.1) is 12.4 Å². The van der Waals surface area contributed by atoms with Crippen LogP contribution in [0.15, 0.2) is 23.4 Å². The molecule has 0 aliphatic heterocycles. The molecule has 2 heterocycles. The van der Waals surface area contributed by atoms with E-state index >= 15 is 0 Å². The SMILES string of the molecule is Cl.O=c1nc2ccncn2[nH]1. The summed E-state index contributed by atoms with van der Waals surface area (Å²) < 4.78 is 1.46. The molecule has 2 rings (SSSR count). The van der Waals surface area contributed by atoms with E-state index in [-0.39, 0.29) is 18.1 Å². The van der Waals surface area contributed by atoms with Crippen molar-refractivity contribution in [3.8, 4) is 0 Å². The van der Waals surface area contributed by atoms with Crippen molar-refractivity contribution in [1.29, 1.82) is 0 Å². The molecule has 2 aromatic rings. The van der Waals surface area contributed by atoms with Crippen molar-refractivity contribution < 1.29 is 0 Å². The molecule has 0 unspecified atom stereocenters. The molecular formula is C5H5ClN4O. The van der Waals surface area contributed by atoms with Gasteiger partial charge >= 0.3 is 5.69 Å². The molecule has 0 aromatic carbocycles. The van der Waals surface area contributed by atoms with E-state index in [4.69, 9.17) is 0 Å². The molecule has 0 spiro atoms. The second kappa shape index (κ2) is 2.71. The average Bonchev–Trinajstić information content (AvgIpc) is 2.27. The highest BCUT2D eigenvalue weighted by Gasteiger charge is 1.92. The van der Waals surface area contributed by atoms with Gasteiger partial charge in [0.1, 0.15) is 6.33 Å². The lowest BCUT2D eigenvalue weighted by Gasteiger charge is -1.85. The van der Waals surface area contributed by atoms with Crippen LogP contribution in [0.25, 0.3) is 5.65 Å². The predicted molar refractivity (Wildman–Crippen MR) is 40.9 cm³/mol. The van der Waals surface area contributed by atoms with Gasteiger partial charge in [0.15, 0.2) is 5.65 Å². The van der Waals surface area contributed by atoms with Crippen molar-refractivity contribution in [3.05, 3.63) is 29.1 Å². The summed E-state index contributed by atoms with van der Waals surface area (Å²) in [6.45, 7) is 0. The normalized spacial score (nSPS) is 9.45. The number of aromatic nitrogens is 4. The van der Waals surface area contributed by atoms with Crippen LogP contribution < -0.4 is 5.69 Å². The maximum atomic E-state index is 10.6. The van der Waals surface area contributed by atoms with Crippen molar-refractivity contribution in [2.45, 2.75) is 0 Å². The summed E-state index contributed by atoms with van der Waals surface area (Å²) in [4.78, 5) is 18.0. The molecule has 0 amide bonds. The fraction of sp³-hybridized carbons (Fsp3) is 0. The standard InChI is InChI=1S/C5H4N4O.ClH/c10-5-7-4-1-2-6-3-9(4)8-5;/h1-3H,(H,8,10);1H. The van der Waals surface area contributed by atoms with Crippen LogP contribution in [0.4, 0.5) is 0 Å². The summed E-state index contributed by atoms with van der Waals surface area (Å²) in [6, 6.07) is 1.65. The van der Waals surface area contributed by atoms with E-state index in [1.807, 2.05) is 0 Å². The van der Waals surface area contributed by atoms with Crippen LogP contribution in [0.2, 0.25) is 0 Å². The van der Waals surface area contributed by atoms with Crippen molar-refractivity contribution in [2.24, 2.45) is 0 Å². The first kappa shape index (κ1) is 7.74. The monoisotopic (exact) mass is 172 g/mol. The highest BCUT2D eigenvalue weighted by atomic mass is 35.5. The fourth-order valence-corrected chi connectivity index (χ4v) is 0.764. The van der Waals surface area contributed by atoms with Crippen molar-refractivity contribution in [2.75, 3.05) is 0 Å². The third kappa shape index (κ3) is 1.22. The average molecular weight is 173 g/mol. The van der Waals surface area contributed by atoms with Gasteiger partial charge < -0.3 is 0 Å². The molecule has 0 atom stereocenters. The van der Waals surface area contributed by atoms with Gasteiger partial charge in [-0.05, 0) is 0 Å². The Labute approximate surface area is 67.5 Å². The number of nitrogens with one attached hydrogen (secondary N) is 1. The van der Waals surface area contributed by atoms with E-state index in [9.17, 15) is 4.79 Å². The molecule has 5 nitrogen and oxygen atoms in total. The molecule has 6 heteroatoms. The molecule has 58 valence electrons. The van der Waals surface area contributed by atoms with E-state index < -0.39 is 0 Å². The topological polar surface area (TPSA) is 63.1 Å². The van der Waals surface area contributed by atoms with Crippen LogP contribution in [0.3, 0.4) is 0 Å². The molecular weight excluding hydrogens is 168 g/mol. The number of fused-ring (bicyclic) bond motifs is 1. The number of hydrogen-bond donors (Lipinski definition) is 1. The lowest BCUT2D eigenvalue weighted by molar-refractivity contribution is 0.902. The zero-order chi connectivity index (χ0) is 6.97. The zero-order valence-corrected chi connectivity index (χ0v) is 6.21. The van der Waals surface area contributed by atoms with E-state index in [0.29, 0.717) is 5.65 Å². The van der Waals surface area contributed by atoms with Gasteiger partial charge in [-0.1, -0.05) is 0 Å². The third-order valence-corrected chi connectivity index (χ3v) is 1.17. The van der Waals surface area contributed by atoms with Gasteiger partial charge in [0.2, 0.25) is 0 Å². The van der Waals surface area contributed by atoms with Crippen molar-refractivity contribution in [3.63, 3.8) is 0 Å². The molecule has 2 aromatic heterocycles. The Morgan fingerprint density at radius 1 is 1.55 bits per heavy atom. The molecule has 0 aliphatic rings. The second-order valence-corrected chi connectivity index (χ2v) is 1.84. The third-order valence-electron chi connectivity index (χ3n) is 1.17. The summed E-state index contributed by atoms with van der Waals surface area (Å²) in [7, 11) is 0. The molecule has 0 aliphatic carbocycles. The molecule has 1 N–H and O–H groups in total. The van der Waals surface area contributed by atoms with Gasteiger partial charge in [0, 0.05) is 12.3 Å². The van der Waals surface area contributed by atoms with Crippen LogP contribution in [0, 0.1) is 0 Å². The van der Waals surface area contributed by atoms with E-state index in [1.54, 1.807) is 12.3 Å². The summed E-state index contributed by atoms with van der Waals surface area (Å²) in [5, 5.41) is 2.45. The van der Waals surface area contributed by atoms with Gasteiger partial charge in [0.05, 0.1) is 0 Å². The van der Waals surface area contributed by atoms with E-state index in [2.05, 4.69) is 15.1 Å².